The largest absolute Gasteiger partial charge is 0.390 e. The summed E-state index contributed by atoms with van der Waals surface area (Å²) in [5.74, 6) is 2.21. The van der Waals surface area contributed by atoms with E-state index in [1.807, 2.05) is 7.05 Å². The van der Waals surface area contributed by atoms with E-state index >= 15 is 0 Å². The number of aryl methyl sites for hydroxylation is 1. The Hall–Kier alpha value is -1.83. The Morgan fingerprint density at radius 3 is 2.57 bits per heavy atom. The van der Waals surface area contributed by atoms with E-state index in [-0.39, 0.29) is 22.7 Å². The molecule has 9 heteroatoms. The van der Waals surface area contributed by atoms with Crippen LogP contribution in [0.4, 0.5) is 11.6 Å². The first kappa shape index (κ1) is 20.1. The molecule has 4 saturated carbocycles. The van der Waals surface area contributed by atoms with Crippen LogP contribution in [0.1, 0.15) is 42.6 Å². The molecular formula is C21H25Cl2N5O2. The normalized spacial score (nSPS) is 31.8. The lowest BCUT2D eigenvalue weighted by atomic mass is 9.52. The molecule has 0 saturated heterocycles. The van der Waals surface area contributed by atoms with E-state index in [1.165, 1.54) is 0 Å². The first-order valence-corrected chi connectivity index (χ1v) is 11.1. The summed E-state index contributed by atoms with van der Waals surface area (Å²) in [6.07, 6.45) is 6.19. The Kier molecular flexibility index (Phi) is 4.76. The van der Waals surface area contributed by atoms with E-state index in [2.05, 4.69) is 15.4 Å². The molecule has 0 spiro atoms. The third-order valence-corrected chi connectivity index (χ3v) is 7.66. The van der Waals surface area contributed by atoms with Crippen molar-refractivity contribution in [2.45, 2.75) is 43.7 Å². The first-order valence-electron chi connectivity index (χ1n) is 10.3. The number of hydrogen-bond donors (Lipinski definition) is 2. The number of amides is 1. The van der Waals surface area contributed by atoms with Gasteiger partial charge in [-0.15, -0.1) is 0 Å². The number of pyridine rings is 1. The molecule has 6 rings (SSSR count). The smallest absolute Gasteiger partial charge is 0.273 e. The van der Waals surface area contributed by atoms with Gasteiger partial charge in [-0.25, -0.2) is 4.98 Å². The van der Waals surface area contributed by atoms with Crippen molar-refractivity contribution in [1.82, 2.24) is 20.1 Å². The minimum atomic E-state index is -0.526. The van der Waals surface area contributed by atoms with Crippen molar-refractivity contribution in [3.63, 3.8) is 0 Å². The second-order valence-corrected chi connectivity index (χ2v) is 10.0. The number of aliphatic hydroxyl groups is 1. The SMILES string of the molecule is CN(c1ccc(Cl)cn1)c1c(Cl)c(C(=O)NC2C3CC4CC2CC(O)(C4)C3)nn1C. The zero-order chi connectivity index (χ0) is 21.2. The van der Waals surface area contributed by atoms with Crippen molar-refractivity contribution < 1.29 is 9.90 Å². The molecule has 4 fully saturated rings. The maximum atomic E-state index is 13.1. The number of nitrogens with one attached hydrogen (secondary N) is 1. The fourth-order valence-electron chi connectivity index (χ4n) is 6.11. The molecule has 2 aromatic rings. The summed E-state index contributed by atoms with van der Waals surface area (Å²) in [6, 6.07) is 3.61. The molecule has 30 heavy (non-hydrogen) atoms. The maximum Gasteiger partial charge on any atom is 0.273 e. The molecule has 4 bridgehead atoms. The molecule has 7 nitrogen and oxygen atoms in total. The van der Waals surface area contributed by atoms with Gasteiger partial charge in [0.25, 0.3) is 5.91 Å². The highest BCUT2D eigenvalue weighted by Crippen LogP contribution is 2.55. The van der Waals surface area contributed by atoms with Crippen LogP contribution >= 0.6 is 23.2 Å². The number of halogens is 2. The van der Waals surface area contributed by atoms with Crippen molar-refractivity contribution in [3.05, 3.63) is 34.1 Å². The van der Waals surface area contributed by atoms with Crippen LogP contribution < -0.4 is 10.2 Å². The summed E-state index contributed by atoms with van der Waals surface area (Å²) < 4.78 is 1.59. The quantitative estimate of drug-likeness (QED) is 0.745. The minimum Gasteiger partial charge on any atom is -0.390 e. The lowest BCUT2D eigenvalue weighted by molar-refractivity contribution is -0.136. The van der Waals surface area contributed by atoms with E-state index < -0.39 is 5.60 Å². The number of rotatable bonds is 4. The summed E-state index contributed by atoms with van der Waals surface area (Å²) in [6.45, 7) is 0. The van der Waals surface area contributed by atoms with Gasteiger partial charge >= 0.3 is 0 Å². The van der Waals surface area contributed by atoms with Gasteiger partial charge in [-0.2, -0.15) is 5.10 Å². The number of carbonyl (C=O) groups excluding carboxylic acids is 1. The van der Waals surface area contributed by atoms with Crippen LogP contribution in [0.25, 0.3) is 0 Å². The van der Waals surface area contributed by atoms with Crippen LogP contribution in [0.3, 0.4) is 0 Å². The molecule has 2 heterocycles. The Balaban J connectivity index is 1.37. The number of hydrogen-bond acceptors (Lipinski definition) is 5. The van der Waals surface area contributed by atoms with Gasteiger partial charge in [0.2, 0.25) is 0 Å². The predicted octanol–water partition coefficient (Wildman–Crippen LogP) is 3.56. The van der Waals surface area contributed by atoms with Gasteiger partial charge in [-0.3, -0.25) is 9.48 Å². The van der Waals surface area contributed by atoms with Gasteiger partial charge in [-0.05, 0) is 62.0 Å². The van der Waals surface area contributed by atoms with Gasteiger partial charge in [0.05, 0.1) is 10.6 Å². The number of anilines is 2. The van der Waals surface area contributed by atoms with E-state index in [0.29, 0.717) is 34.4 Å². The molecule has 2 aromatic heterocycles. The van der Waals surface area contributed by atoms with Crippen LogP contribution in [0, 0.1) is 17.8 Å². The van der Waals surface area contributed by atoms with Crippen LogP contribution in [0.5, 0.6) is 0 Å². The topological polar surface area (TPSA) is 83.3 Å². The summed E-state index contributed by atoms with van der Waals surface area (Å²) in [5.41, 5.74) is -0.315. The van der Waals surface area contributed by atoms with Crippen molar-refractivity contribution in [3.8, 4) is 0 Å². The number of aromatic nitrogens is 3. The summed E-state index contributed by atoms with van der Waals surface area (Å²) in [5, 5.41) is 19.2. The Morgan fingerprint density at radius 2 is 1.97 bits per heavy atom. The van der Waals surface area contributed by atoms with Crippen molar-refractivity contribution >= 4 is 40.7 Å². The Morgan fingerprint density at radius 1 is 1.27 bits per heavy atom. The second-order valence-electron chi connectivity index (χ2n) is 9.20. The zero-order valence-corrected chi connectivity index (χ0v) is 18.5. The Bertz CT molecular complexity index is 976. The molecule has 2 N–H and O–H groups in total. The molecule has 2 unspecified atom stereocenters. The number of carbonyl (C=O) groups is 1. The molecule has 0 aromatic carbocycles. The molecule has 0 aliphatic heterocycles. The summed E-state index contributed by atoms with van der Waals surface area (Å²) in [7, 11) is 3.57. The van der Waals surface area contributed by atoms with E-state index in [9.17, 15) is 9.90 Å². The lowest BCUT2D eigenvalue weighted by Crippen LogP contribution is -2.61. The highest BCUT2D eigenvalue weighted by atomic mass is 35.5. The fraction of sp³-hybridized carbons (Fsp3) is 0.571. The monoisotopic (exact) mass is 449 g/mol. The minimum absolute atomic E-state index is 0.0755. The maximum absolute atomic E-state index is 13.1. The number of nitrogens with zero attached hydrogens (tertiary/aromatic N) is 4. The first-order chi connectivity index (χ1) is 14.2. The predicted molar refractivity (Wildman–Crippen MR) is 115 cm³/mol. The standard InChI is InChI=1S/C21H25Cl2N5O2/c1-27(15-4-3-14(22)10-24-15)20-16(23)18(26-28(20)2)19(29)25-17-12-5-11-6-13(17)9-21(30,7-11)8-12/h3-4,10-13,17,30H,5-9H2,1-2H3,(H,25,29). The molecule has 4 aliphatic carbocycles. The highest BCUT2D eigenvalue weighted by Gasteiger charge is 2.55. The molecule has 1 amide bonds. The molecule has 4 aliphatic rings. The van der Waals surface area contributed by atoms with Crippen molar-refractivity contribution in [2.75, 3.05) is 11.9 Å². The molecule has 160 valence electrons. The molecular weight excluding hydrogens is 425 g/mol. The molecule has 2 atom stereocenters. The third-order valence-electron chi connectivity index (χ3n) is 7.09. The Labute approximate surface area is 185 Å². The average molecular weight is 450 g/mol. The summed E-state index contributed by atoms with van der Waals surface area (Å²) >= 11 is 12.5. The van der Waals surface area contributed by atoms with Gasteiger partial charge in [-0.1, -0.05) is 23.2 Å². The van der Waals surface area contributed by atoms with Gasteiger partial charge < -0.3 is 15.3 Å². The van der Waals surface area contributed by atoms with Gasteiger partial charge in [0.15, 0.2) is 11.5 Å². The fourth-order valence-corrected chi connectivity index (χ4v) is 6.59. The zero-order valence-electron chi connectivity index (χ0n) is 17.0. The van der Waals surface area contributed by atoms with Crippen LogP contribution in [0.15, 0.2) is 18.3 Å². The van der Waals surface area contributed by atoms with E-state index in [1.54, 1.807) is 35.0 Å². The van der Waals surface area contributed by atoms with Crippen LogP contribution in [-0.2, 0) is 7.05 Å². The van der Waals surface area contributed by atoms with E-state index in [0.717, 1.165) is 32.1 Å². The highest BCUT2D eigenvalue weighted by molar-refractivity contribution is 6.36. The third kappa shape index (κ3) is 3.27. The average Bonchev–Trinajstić information content (AvgIpc) is 2.97. The van der Waals surface area contributed by atoms with Crippen molar-refractivity contribution in [2.24, 2.45) is 24.8 Å². The van der Waals surface area contributed by atoms with E-state index in [4.69, 9.17) is 23.2 Å². The van der Waals surface area contributed by atoms with Crippen molar-refractivity contribution in [1.29, 1.82) is 0 Å². The lowest BCUT2D eigenvalue weighted by Gasteiger charge is -2.58. The summed E-state index contributed by atoms with van der Waals surface area (Å²) in [4.78, 5) is 19.2. The van der Waals surface area contributed by atoms with Gasteiger partial charge in [0, 0.05) is 26.3 Å². The molecule has 0 radical (unpaired) electrons. The second kappa shape index (κ2) is 7.11. The van der Waals surface area contributed by atoms with Gasteiger partial charge in [0.1, 0.15) is 10.8 Å². The van der Waals surface area contributed by atoms with Crippen LogP contribution in [-0.4, -0.2) is 44.5 Å². The van der Waals surface area contributed by atoms with Crippen LogP contribution in [0.2, 0.25) is 10.0 Å².